The van der Waals surface area contributed by atoms with E-state index in [-0.39, 0.29) is 5.41 Å². The van der Waals surface area contributed by atoms with Crippen LogP contribution < -0.4 is 5.73 Å². The Bertz CT molecular complexity index is 287. The average molecular weight is 253 g/mol. The van der Waals surface area contributed by atoms with Crippen LogP contribution in [-0.2, 0) is 4.79 Å². The summed E-state index contributed by atoms with van der Waals surface area (Å²) in [6.07, 6.45) is 6.02. The second-order valence-electron chi connectivity index (χ2n) is 6.27. The first kappa shape index (κ1) is 13.8. The molecule has 1 atom stereocenters. The second kappa shape index (κ2) is 6.02. The van der Waals surface area contributed by atoms with Crippen LogP contribution >= 0.6 is 0 Å². The molecule has 0 radical (unpaired) electrons. The highest BCUT2D eigenvalue weighted by molar-refractivity contribution is 5.78. The zero-order valence-electron chi connectivity index (χ0n) is 11.7. The molecular formula is C14H27N3O. The van der Waals surface area contributed by atoms with Gasteiger partial charge in [-0.05, 0) is 37.8 Å². The number of hydrogen-bond acceptors (Lipinski definition) is 3. The Balaban J connectivity index is 1.80. The number of rotatable bonds is 3. The maximum atomic E-state index is 12.3. The average Bonchev–Trinajstić information content (AvgIpc) is 2.58. The zero-order valence-corrected chi connectivity index (χ0v) is 11.7. The lowest BCUT2D eigenvalue weighted by Gasteiger charge is -2.25. The van der Waals surface area contributed by atoms with Gasteiger partial charge in [0.1, 0.15) is 0 Å². The molecule has 1 amide bonds. The molecule has 0 aliphatic carbocycles. The molecule has 0 spiro atoms. The van der Waals surface area contributed by atoms with E-state index in [4.69, 9.17) is 5.73 Å². The smallest absolute Gasteiger partial charge is 0.236 e. The molecule has 104 valence electrons. The fraction of sp³-hybridized carbons (Fsp3) is 0.929. The Morgan fingerprint density at radius 1 is 1.17 bits per heavy atom. The fourth-order valence-electron chi connectivity index (χ4n) is 3.04. The van der Waals surface area contributed by atoms with Gasteiger partial charge >= 0.3 is 0 Å². The summed E-state index contributed by atoms with van der Waals surface area (Å²) in [5, 5.41) is 0. The van der Waals surface area contributed by atoms with Crippen molar-refractivity contribution in [2.45, 2.75) is 39.0 Å². The van der Waals surface area contributed by atoms with E-state index in [1.807, 2.05) is 0 Å². The van der Waals surface area contributed by atoms with Crippen LogP contribution in [0.5, 0.6) is 0 Å². The number of hydrogen-bond donors (Lipinski definition) is 1. The summed E-state index contributed by atoms with van der Waals surface area (Å²) in [5.74, 6) is 0.318. The van der Waals surface area contributed by atoms with E-state index in [1.165, 1.54) is 25.7 Å². The number of likely N-dealkylation sites (tertiary alicyclic amines) is 2. The molecule has 18 heavy (non-hydrogen) atoms. The number of carbonyl (C=O) groups is 1. The molecule has 2 aliphatic heterocycles. The van der Waals surface area contributed by atoms with Crippen molar-refractivity contribution in [3.8, 4) is 0 Å². The maximum absolute atomic E-state index is 12.3. The van der Waals surface area contributed by atoms with Crippen LogP contribution in [0.25, 0.3) is 0 Å². The van der Waals surface area contributed by atoms with E-state index in [9.17, 15) is 4.79 Å². The number of amides is 1. The number of nitrogens with two attached hydrogens (primary N) is 1. The van der Waals surface area contributed by atoms with E-state index < -0.39 is 0 Å². The third kappa shape index (κ3) is 3.45. The molecule has 0 aromatic heterocycles. The predicted molar refractivity (Wildman–Crippen MR) is 73.3 cm³/mol. The van der Waals surface area contributed by atoms with Crippen LogP contribution in [-0.4, -0.2) is 55.0 Å². The molecule has 0 bridgehead atoms. The minimum Gasteiger partial charge on any atom is -0.342 e. The van der Waals surface area contributed by atoms with E-state index >= 15 is 0 Å². The van der Waals surface area contributed by atoms with Gasteiger partial charge in [-0.3, -0.25) is 9.69 Å². The Kier molecular flexibility index (Phi) is 4.62. The zero-order chi connectivity index (χ0) is 13.0. The Labute approximate surface area is 110 Å². The third-order valence-electron chi connectivity index (χ3n) is 4.45. The highest BCUT2D eigenvalue weighted by Gasteiger charge is 2.33. The van der Waals surface area contributed by atoms with Crippen molar-refractivity contribution in [3.05, 3.63) is 0 Å². The monoisotopic (exact) mass is 253 g/mol. The molecule has 0 aromatic rings. The fourth-order valence-corrected chi connectivity index (χ4v) is 3.04. The summed E-state index contributed by atoms with van der Waals surface area (Å²) in [6.45, 7) is 7.46. The number of carbonyl (C=O) groups excluding carboxylic acids is 1. The lowest BCUT2D eigenvalue weighted by molar-refractivity contribution is -0.132. The second-order valence-corrected chi connectivity index (χ2v) is 6.27. The van der Waals surface area contributed by atoms with Crippen LogP contribution in [0.15, 0.2) is 0 Å². The molecule has 2 heterocycles. The Morgan fingerprint density at radius 3 is 2.39 bits per heavy atom. The molecule has 4 heteroatoms. The SMILES string of the molecule is CC1(CN)CCN(CC(=O)N2CCCCCC2)C1. The van der Waals surface area contributed by atoms with E-state index in [0.717, 1.165) is 39.1 Å². The number of nitrogens with zero attached hydrogens (tertiary/aromatic N) is 2. The standard InChI is InChI=1S/C14H27N3O/c1-14(11-15)6-9-16(12-14)10-13(18)17-7-4-2-3-5-8-17/h2-12,15H2,1H3. The summed E-state index contributed by atoms with van der Waals surface area (Å²) in [7, 11) is 0. The summed E-state index contributed by atoms with van der Waals surface area (Å²) < 4.78 is 0. The van der Waals surface area contributed by atoms with Gasteiger partial charge in [0.25, 0.3) is 0 Å². The first-order valence-corrected chi connectivity index (χ1v) is 7.33. The predicted octanol–water partition coefficient (Wildman–Crippen LogP) is 1.06. The molecule has 2 rings (SSSR count). The van der Waals surface area contributed by atoms with Gasteiger partial charge in [0, 0.05) is 19.6 Å². The maximum Gasteiger partial charge on any atom is 0.236 e. The van der Waals surface area contributed by atoms with Crippen molar-refractivity contribution in [2.24, 2.45) is 11.1 Å². The Hall–Kier alpha value is -0.610. The minimum atomic E-state index is 0.221. The lowest BCUT2D eigenvalue weighted by atomic mass is 9.90. The van der Waals surface area contributed by atoms with Gasteiger partial charge in [0.05, 0.1) is 6.54 Å². The van der Waals surface area contributed by atoms with Gasteiger partial charge in [0.2, 0.25) is 5.91 Å². The van der Waals surface area contributed by atoms with Gasteiger partial charge in [-0.2, -0.15) is 0 Å². The van der Waals surface area contributed by atoms with Crippen LogP contribution in [0.2, 0.25) is 0 Å². The van der Waals surface area contributed by atoms with Crippen molar-refractivity contribution in [2.75, 3.05) is 39.3 Å². The van der Waals surface area contributed by atoms with Crippen LogP contribution in [0, 0.1) is 5.41 Å². The van der Waals surface area contributed by atoms with Crippen molar-refractivity contribution in [3.63, 3.8) is 0 Å². The molecule has 2 saturated heterocycles. The summed E-state index contributed by atoms with van der Waals surface area (Å²) in [6, 6.07) is 0. The van der Waals surface area contributed by atoms with Gasteiger partial charge < -0.3 is 10.6 Å². The molecule has 1 unspecified atom stereocenters. The van der Waals surface area contributed by atoms with Crippen molar-refractivity contribution in [1.82, 2.24) is 9.80 Å². The normalized spacial score (nSPS) is 30.4. The minimum absolute atomic E-state index is 0.221. The summed E-state index contributed by atoms with van der Waals surface area (Å²) in [5.41, 5.74) is 6.02. The van der Waals surface area contributed by atoms with Crippen LogP contribution in [0.1, 0.15) is 39.0 Å². The quantitative estimate of drug-likeness (QED) is 0.818. The first-order valence-electron chi connectivity index (χ1n) is 7.33. The van der Waals surface area contributed by atoms with E-state index in [1.54, 1.807) is 0 Å². The first-order chi connectivity index (χ1) is 8.63. The van der Waals surface area contributed by atoms with Gasteiger partial charge in [0.15, 0.2) is 0 Å². The van der Waals surface area contributed by atoms with Gasteiger partial charge in [-0.1, -0.05) is 19.8 Å². The van der Waals surface area contributed by atoms with E-state index in [0.29, 0.717) is 12.5 Å². The highest BCUT2D eigenvalue weighted by Crippen LogP contribution is 2.28. The van der Waals surface area contributed by atoms with Crippen molar-refractivity contribution in [1.29, 1.82) is 0 Å². The summed E-state index contributed by atoms with van der Waals surface area (Å²) >= 11 is 0. The van der Waals surface area contributed by atoms with Crippen LogP contribution in [0.3, 0.4) is 0 Å². The Morgan fingerprint density at radius 2 is 1.83 bits per heavy atom. The lowest BCUT2D eigenvalue weighted by Crippen LogP contribution is -2.41. The highest BCUT2D eigenvalue weighted by atomic mass is 16.2. The van der Waals surface area contributed by atoms with Crippen molar-refractivity contribution < 1.29 is 4.79 Å². The molecule has 0 aromatic carbocycles. The van der Waals surface area contributed by atoms with E-state index in [2.05, 4.69) is 16.7 Å². The van der Waals surface area contributed by atoms with Gasteiger partial charge in [-0.25, -0.2) is 0 Å². The van der Waals surface area contributed by atoms with Crippen molar-refractivity contribution >= 4 is 5.91 Å². The molecule has 2 aliphatic rings. The largest absolute Gasteiger partial charge is 0.342 e. The molecular weight excluding hydrogens is 226 g/mol. The summed E-state index contributed by atoms with van der Waals surface area (Å²) in [4.78, 5) is 16.6. The molecule has 2 fully saturated rings. The van der Waals surface area contributed by atoms with Crippen LogP contribution in [0.4, 0.5) is 0 Å². The molecule has 4 nitrogen and oxygen atoms in total. The molecule has 0 saturated carbocycles. The third-order valence-corrected chi connectivity index (χ3v) is 4.45. The molecule has 2 N–H and O–H groups in total. The van der Waals surface area contributed by atoms with Gasteiger partial charge in [-0.15, -0.1) is 0 Å². The topological polar surface area (TPSA) is 49.6 Å².